The fourth-order valence-corrected chi connectivity index (χ4v) is 4.78. The summed E-state index contributed by atoms with van der Waals surface area (Å²) in [5.41, 5.74) is 7.71. The molecular formula is C36H34O7. The van der Waals surface area contributed by atoms with Crippen molar-refractivity contribution in [1.29, 1.82) is 0 Å². The normalized spacial score (nSPS) is 10.8. The van der Waals surface area contributed by atoms with Gasteiger partial charge in [-0.15, -0.1) is 0 Å². The highest BCUT2D eigenvalue weighted by Crippen LogP contribution is 2.33. The number of aliphatic carboxylic acids is 1. The highest BCUT2D eigenvalue weighted by atomic mass is 16.5. The van der Waals surface area contributed by atoms with E-state index < -0.39 is 12.6 Å². The Balaban J connectivity index is 1.49. The van der Waals surface area contributed by atoms with Crippen LogP contribution < -0.4 is 9.47 Å². The van der Waals surface area contributed by atoms with Gasteiger partial charge in [0.15, 0.2) is 6.61 Å². The Kier molecular flexibility index (Phi) is 9.01. The number of benzene rings is 3. The van der Waals surface area contributed by atoms with Crippen molar-refractivity contribution < 1.29 is 32.9 Å². The molecule has 3 aromatic carbocycles. The van der Waals surface area contributed by atoms with Gasteiger partial charge in [-0.3, -0.25) is 0 Å². The fraction of sp³-hybridized carbons (Fsp3) is 0.194. The van der Waals surface area contributed by atoms with Gasteiger partial charge in [-0.05, 0) is 85.8 Å². The maximum Gasteiger partial charge on any atom is 0.341 e. The monoisotopic (exact) mass is 578 g/mol. The number of hydrogen-bond donors (Lipinski definition) is 1. The first kappa shape index (κ1) is 29.3. The lowest BCUT2D eigenvalue weighted by Gasteiger charge is -2.18. The maximum atomic E-state index is 10.9. The van der Waals surface area contributed by atoms with Crippen LogP contribution in [-0.2, 0) is 9.53 Å². The van der Waals surface area contributed by atoms with Gasteiger partial charge in [0.25, 0.3) is 0 Å². The number of furan rings is 2. The first-order valence-electron chi connectivity index (χ1n) is 14.1. The first-order chi connectivity index (χ1) is 20.8. The number of carbonyl (C=O) groups is 1. The van der Waals surface area contributed by atoms with Crippen molar-refractivity contribution in [2.45, 2.75) is 27.7 Å². The summed E-state index contributed by atoms with van der Waals surface area (Å²) in [4.78, 5) is 10.9. The Hall–Kier alpha value is -5.17. The molecule has 0 aliphatic carbocycles. The highest BCUT2D eigenvalue weighted by molar-refractivity contribution is 5.83. The molecule has 0 radical (unpaired) electrons. The van der Waals surface area contributed by atoms with Crippen LogP contribution in [0.4, 0.5) is 0 Å². The standard InChI is InChI=1S/C36H34O7/c1-5-39-34(21-40-30-14-15-31(25(4)18-30)43-22-35(37)38)36(28-10-6-26(7-11-28)32-16-23(2)19-41-32)29-12-8-27(9-13-29)33-17-24(3)20-42-33/h6-20H,5,21-22H2,1-4H3,(H,37,38). The van der Waals surface area contributed by atoms with Crippen molar-refractivity contribution in [2.75, 3.05) is 19.8 Å². The van der Waals surface area contributed by atoms with Gasteiger partial charge < -0.3 is 28.2 Å². The van der Waals surface area contributed by atoms with E-state index in [1.54, 1.807) is 24.7 Å². The third kappa shape index (κ3) is 7.19. The van der Waals surface area contributed by atoms with Crippen LogP contribution in [0.2, 0.25) is 0 Å². The zero-order chi connectivity index (χ0) is 30.3. The van der Waals surface area contributed by atoms with E-state index in [0.717, 1.165) is 56.0 Å². The number of rotatable bonds is 12. The maximum absolute atomic E-state index is 10.9. The molecule has 0 fully saturated rings. The number of carboxylic acid groups (broad SMARTS) is 1. The summed E-state index contributed by atoms with van der Waals surface area (Å²) in [6, 6.07) is 25.7. The van der Waals surface area contributed by atoms with Crippen LogP contribution in [0.1, 0.15) is 34.7 Å². The number of ether oxygens (including phenoxy) is 3. The van der Waals surface area contributed by atoms with Gasteiger partial charge in [-0.2, -0.15) is 0 Å². The molecule has 0 saturated carbocycles. The van der Waals surface area contributed by atoms with Gasteiger partial charge in [-0.25, -0.2) is 4.79 Å². The molecule has 0 aliphatic heterocycles. The molecule has 7 nitrogen and oxygen atoms in total. The second kappa shape index (κ2) is 13.2. The van der Waals surface area contributed by atoms with E-state index in [4.69, 9.17) is 28.2 Å². The van der Waals surface area contributed by atoms with E-state index in [0.29, 0.717) is 23.9 Å². The molecule has 2 heterocycles. The van der Waals surface area contributed by atoms with Crippen LogP contribution in [-0.4, -0.2) is 30.9 Å². The third-order valence-electron chi connectivity index (χ3n) is 6.84. The quantitative estimate of drug-likeness (QED) is 0.148. The molecule has 5 rings (SSSR count). The van der Waals surface area contributed by atoms with E-state index in [-0.39, 0.29) is 6.61 Å². The van der Waals surface area contributed by atoms with Gasteiger partial charge in [0.05, 0.1) is 19.1 Å². The van der Waals surface area contributed by atoms with Gasteiger partial charge in [0.1, 0.15) is 35.4 Å². The highest BCUT2D eigenvalue weighted by Gasteiger charge is 2.17. The van der Waals surface area contributed by atoms with Crippen LogP contribution in [0.15, 0.2) is 106 Å². The van der Waals surface area contributed by atoms with Gasteiger partial charge in [0, 0.05) is 16.7 Å². The number of carboxylic acids is 1. The minimum atomic E-state index is -1.03. The molecule has 0 saturated heterocycles. The summed E-state index contributed by atoms with van der Waals surface area (Å²) >= 11 is 0. The van der Waals surface area contributed by atoms with E-state index in [2.05, 4.69) is 24.3 Å². The van der Waals surface area contributed by atoms with Gasteiger partial charge >= 0.3 is 5.97 Å². The Morgan fingerprint density at radius 2 is 1.28 bits per heavy atom. The Labute approximate surface area is 251 Å². The molecule has 2 aromatic heterocycles. The summed E-state index contributed by atoms with van der Waals surface area (Å²) in [7, 11) is 0. The lowest BCUT2D eigenvalue weighted by Crippen LogP contribution is -2.11. The second-order valence-electron chi connectivity index (χ2n) is 10.3. The molecule has 0 amide bonds. The predicted octanol–water partition coefficient (Wildman–Crippen LogP) is 8.47. The smallest absolute Gasteiger partial charge is 0.341 e. The SMILES string of the molecule is CCOC(COc1ccc(OCC(=O)O)c(C)c1)=C(c1ccc(-c2cc(C)co2)cc1)c1ccc(-c2cc(C)co2)cc1. The predicted molar refractivity (Wildman–Crippen MR) is 165 cm³/mol. The lowest BCUT2D eigenvalue weighted by molar-refractivity contribution is -0.139. The molecule has 7 heteroatoms. The van der Waals surface area contributed by atoms with E-state index >= 15 is 0 Å². The summed E-state index contributed by atoms with van der Waals surface area (Å²) in [5, 5.41) is 8.93. The second-order valence-corrected chi connectivity index (χ2v) is 10.3. The number of aryl methyl sites for hydroxylation is 3. The van der Waals surface area contributed by atoms with Gasteiger partial charge in [0.2, 0.25) is 0 Å². The molecule has 0 bridgehead atoms. The van der Waals surface area contributed by atoms with Crippen LogP contribution >= 0.6 is 0 Å². The van der Waals surface area contributed by atoms with Crippen LogP contribution in [0.5, 0.6) is 11.5 Å². The Bertz CT molecular complexity index is 1630. The summed E-state index contributed by atoms with van der Waals surface area (Å²) in [6.07, 6.45) is 3.49. The first-order valence-corrected chi connectivity index (χ1v) is 14.1. The van der Waals surface area contributed by atoms with Crippen LogP contribution in [0, 0.1) is 20.8 Å². The summed E-state index contributed by atoms with van der Waals surface area (Å²) < 4.78 is 29.2. The van der Waals surface area contributed by atoms with Crippen molar-refractivity contribution in [3.8, 4) is 34.1 Å². The number of hydrogen-bond acceptors (Lipinski definition) is 6. The van der Waals surface area contributed by atoms with Crippen molar-refractivity contribution in [3.05, 3.63) is 125 Å². The summed E-state index contributed by atoms with van der Waals surface area (Å²) in [5.74, 6) is 2.38. The van der Waals surface area contributed by atoms with Crippen molar-refractivity contribution in [1.82, 2.24) is 0 Å². The zero-order valence-corrected chi connectivity index (χ0v) is 24.7. The van der Waals surface area contributed by atoms with Crippen LogP contribution in [0.25, 0.3) is 28.2 Å². The Morgan fingerprint density at radius 1 is 0.721 bits per heavy atom. The molecule has 1 N–H and O–H groups in total. The molecule has 0 aliphatic rings. The van der Waals surface area contributed by atoms with E-state index in [1.807, 2.05) is 70.2 Å². The average molecular weight is 579 g/mol. The average Bonchev–Trinajstić information content (AvgIpc) is 3.64. The molecule has 5 aromatic rings. The molecular weight excluding hydrogens is 544 g/mol. The largest absolute Gasteiger partial charge is 0.494 e. The van der Waals surface area contributed by atoms with Crippen molar-refractivity contribution in [3.63, 3.8) is 0 Å². The zero-order valence-electron chi connectivity index (χ0n) is 24.7. The minimum absolute atomic E-state index is 0.177. The topological polar surface area (TPSA) is 91.3 Å². The van der Waals surface area contributed by atoms with E-state index in [9.17, 15) is 4.79 Å². The molecule has 0 spiro atoms. The molecule has 0 unspecified atom stereocenters. The summed E-state index contributed by atoms with van der Waals surface area (Å²) in [6.45, 7) is 8.02. The Morgan fingerprint density at radius 3 is 1.72 bits per heavy atom. The fourth-order valence-electron chi connectivity index (χ4n) is 4.78. The van der Waals surface area contributed by atoms with Crippen molar-refractivity contribution in [2.24, 2.45) is 0 Å². The van der Waals surface area contributed by atoms with Crippen LogP contribution in [0.3, 0.4) is 0 Å². The molecule has 220 valence electrons. The molecule has 0 atom stereocenters. The third-order valence-corrected chi connectivity index (χ3v) is 6.84. The van der Waals surface area contributed by atoms with Gasteiger partial charge in [-0.1, -0.05) is 48.5 Å². The van der Waals surface area contributed by atoms with Crippen molar-refractivity contribution >= 4 is 11.5 Å². The van der Waals surface area contributed by atoms with E-state index in [1.165, 1.54) is 0 Å². The minimum Gasteiger partial charge on any atom is -0.494 e. The lowest BCUT2D eigenvalue weighted by atomic mass is 9.94. The molecule has 43 heavy (non-hydrogen) atoms.